The summed E-state index contributed by atoms with van der Waals surface area (Å²) in [4.78, 5) is 12.0. The van der Waals surface area contributed by atoms with E-state index in [-0.39, 0.29) is 5.91 Å². The number of hydrogen-bond acceptors (Lipinski definition) is 3. The standard InChI is InChI=1S/C18H20BrNO3/c1-3-23-16-9-6-14(10-17(16)22-2)12-20-18(21)11-13-4-7-15(19)8-5-13/h4-10H,3,11-12H2,1-2H3,(H,20,21). The predicted octanol–water partition coefficient (Wildman–Crippen LogP) is 3.72. The minimum absolute atomic E-state index is 0.0137. The van der Waals surface area contributed by atoms with E-state index >= 15 is 0 Å². The topological polar surface area (TPSA) is 47.6 Å². The van der Waals surface area contributed by atoms with Crippen molar-refractivity contribution < 1.29 is 14.3 Å². The fraction of sp³-hybridized carbons (Fsp3) is 0.278. The Morgan fingerprint density at radius 1 is 1.09 bits per heavy atom. The van der Waals surface area contributed by atoms with Gasteiger partial charge in [0, 0.05) is 11.0 Å². The highest BCUT2D eigenvalue weighted by molar-refractivity contribution is 9.10. The minimum atomic E-state index is -0.0137. The van der Waals surface area contributed by atoms with Crippen LogP contribution in [0.15, 0.2) is 46.9 Å². The van der Waals surface area contributed by atoms with Crippen molar-refractivity contribution in [2.45, 2.75) is 19.9 Å². The van der Waals surface area contributed by atoms with Gasteiger partial charge in [0.25, 0.3) is 0 Å². The minimum Gasteiger partial charge on any atom is -0.493 e. The number of hydrogen-bond donors (Lipinski definition) is 1. The Hall–Kier alpha value is -2.01. The Balaban J connectivity index is 1.92. The van der Waals surface area contributed by atoms with E-state index in [1.165, 1.54) is 0 Å². The summed E-state index contributed by atoms with van der Waals surface area (Å²) < 4.78 is 11.8. The third-order valence-corrected chi connectivity index (χ3v) is 3.82. The molecule has 4 nitrogen and oxygen atoms in total. The summed E-state index contributed by atoms with van der Waals surface area (Å²) in [6.07, 6.45) is 0.363. The molecule has 0 unspecified atom stereocenters. The number of amides is 1. The molecule has 0 fully saturated rings. The van der Waals surface area contributed by atoms with Crippen LogP contribution in [-0.2, 0) is 17.8 Å². The molecule has 0 radical (unpaired) electrons. The van der Waals surface area contributed by atoms with Gasteiger partial charge in [-0.05, 0) is 42.3 Å². The molecule has 0 aromatic heterocycles. The van der Waals surface area contributed by atoms with E-state index in [0.29, 0.717) is 31.1 Å². The van der Waals surface area contributed by atoms with Crippen LogP contribution >= 0.6 is 15.9 Å². The number of halogens is 1. The quantitative estimate of drug-likeness (QED) is 0.799. The van der Waals surface area contributed by atoms with E-state index in [4.69, 9.17) is 9.47 Å². The smallest absolute Gasteiger partial charge is 0.224 e. The zero-order chi connectivity index (χ0) is 16.7. The Bertz CT molecular complexity index is 656. The molecule has 2 aromatic rings. The molecule has 2 rings (SSSR count). The number of methoxy groups -OCH3 is 1. The van der Waals surface area contributed by atoms with Crippen LogP contribution in [-0.4, -0.2) is 19.6 Å². The summed E-state index contributed by atoms with van der Waals surface area (Å²) in [6.45, 7) is 2.97. The molecule has 0 saturated heterocycles. The zero-order valence-electron chi connectivity index (χ0n) is 13.3. The molecule has 0 aliphatic rings. The van der Waals surface area contributed by atoms with Crippen molar-refractivity contribution in [1.82, 2.24) is 5.32 Å². The van der Waals surface area contributed by atoms with E-state index in [1.807, 2.05) is 49.4 Å². The number of nitrogens with one attached hydrogen (secondary N) is 1. The predicted molar refractivity (Wildman–Crippen MR) is 93.9 cm³/mol. The highest BCUT2D eigenvalue weighted by atomic mass is 79.9. The molecular formula is C18H20BrNO3. The molecular weight excluding hydrogens is 358 g/mol. The molecule has 0 atom stereocenters. The molecule has 1 N–H and O–H groups in total. The van der Waals surface area contributed by atoms with Gasteiger partial charge in [0.2, 0.25) is 5.91 Å². The van der Waals surface area contributed by atoms with Gasteiger partial charge in [0.05, 0.1) is 20.1 Å². The fourth-order valence-electron chi connectivity index (χ4n) is 2.15. The molecule has 1 amide bonds. The lowest BCUT2D eigenvalue weighted by molar-refractivity contribution is -0.120. The van der Waals surface area contributed by atoms with Crippen molar-refractivity contribution in [2.75, 3.05) is 13.7 Å². The number of ether oxygens (including phenoxy) is 2. The van der Waals surface area contributed by atoms with Crippen LogP contribution in [0.3, 0.4) is 0 Å². The second-order valence-corrected chi connectivity index (χ2v) is 5.91. The summed E-state index contributed by atoms with van der Waals surface area (Å²) in [5, 5.41) is 2.92. The van der Waals surface area contributed by atoms with Gasteiger partial charge >= 0.3 is 0 Å². The molecule has 122 valence electrons. The molecule has 0 aliphatic carbocycles. The maximum Gasteiger partial charge on any atom is 0.224 e. The summed E-state index contributed by atoms with van der Waals surface area (Å²) in [5.41, 5.74) is 1.95. The number of rotatable bonds is 7. The highest BCUT2D eigenvalue weighted by Crippen LogP contribution is 2.27. The molecule has 5 heteroatoms. The van der Waals surface area contributed by atoms with Crippen molar-refractivity contribution in [3.63, 3.8) is 0 Å². The van der Waals surface area contributed by atoms with Crippen LogP contribution in [0, 0.1) is 0 Å². The van der Waals surface area contributed by atoms with E-state index in [0.717, 1.165) is 15.6 Å². The second kappa shape index (κ2) is 8.58. The van der Waals surface area contributed by atoms with Gasteiger partial charge in [-0.2, -0.15) is 0 Å². The van der Waals surface area contributed by atoms with E-state index in [2.05, 4.69) is 21.2 Å². The summed E-state index contributed by atoms with van der Waals surface area (Å²) in [7, 11) is 1.60. The fourth-order valence-corrected chi connectivity index (χ4v) is 2.41. The van der Waals surface area contributed by atoms with Crippen LogP contribution in [0.1, 0.15) is 18.1 Å². The van der Waals surface area contributed by atoms with E-state index in [9.17, 15) is 4.79 Å². The van der Waals surface area contributed by atoms with Crippen LogP contribution in [0.5, 0.6) is 11.5 Å². The Morgan fingerprint density at radius 2 is 1.78 bits per heavy atom. The van der Waals surface area contributed by atoms with Crippen molar-refractivity contribution in [3.05, 3.63) is 58.1 Å². The van der Waals surface area contributed by atoms with E-state index in [1.54, 1.807) is 7.11 Å². The van der Waals surface area contributed by atoms with Crippen molar-refractivity contribution >= 4 is 21.8 Å². The van der Waals surface area contributed by atoms with Crippen molar-refractivity contribution in [3.8, 4) is 11.5 Å². The zero-order valence-corrected chi connectivity index (χ0v) is 14.9. The van der Waals surface area contributed by atoms with Gasteiger partial charge in [-0.15, -0.1) is 0 Å². The number of benzene rings is 2. The second-order valence-electron chi connectivity index (χ2n) is 5.00. The van der Waals surface area contributed by atoms with Gasteiger partial charge in [-0.25, -0.2) is 0 Å². The molecule has 2 aromatic carbocycles. The number of carbonyl (C=O) groups excluding carboxylic acids is 1. The Morgan fingerprint density at radius 3 is 2.43 bits per heavy atom. The van der Waals surface area contributed by atoms with Crippen LogP contribution in [0.25, 0.3) is 0 Å². The molecule has 0 bridgehead atoms. The van der Waals surface area contributed by atoms with Crippen LogP contribution in [0.2, 0.25) is 0 Å². The largest absolute Gasteiger partial charge is 0.493 e. The summed E-state index contributed by atoms with van der Waals surface area (Å²) in [5.74, 6) is 1.37. The van der Waals surface area contributed by atoms with Gasteiger partial charge in [-0.3, -0.25) is 4.79 Å². The highest BCUT2D eigenvalue weighted by Gasteiger charge is 2.07. The lowest BCUT2D eigenvalue weighted by Crippen LogP contribution is -2.24. The molecule has 0 saturated carbocycles. The van der Waals surface area contributed by atoms with Gasteiger partial charge in [0.1, 0.15) is 0 Å². The first kappa shape index (κ1) is 17.3. The average Bonchev–Trinajstić information content (AvgIpc) is 2.56. The van der Waals surface area contributed by atoms with Gasteiger partial charge in [-0.1, -0.05) is 34.1 Å². The van der Waals surface area contributed by atoms with Crippen molar-refractivity contribution in [1.29, 1.82) is 0 Å². The first-order chi connectivity index (χ1) is 11.1. The molecule has 23 heavy (non-hydrogen) atoms. The molecule has 0 aliphatic heterocycles. The van der Waals surface area contributed by atoms with Crippen LogP contribution < -0.4 is 14.8 Å². The lowest BCUT2D eigenvalue weighted by atomic mass is 10.1. The van der Waals surface area contributed by atoms with Gasteiger partial charge < -0.3 is 14.8 Å². The number of carbonyl (C=O) groups is 1. The first-order valence-corrected chi connectivity index (χ1v) is 8.22. The maximum atomic E-state index is 12.0. The summed E-state index contributed by atoms with van der Waals surface area (Å²) >= 11 is 3.38. The van der Waals surface area contributed by atoms with Crippen LogP contribution in [0.4, 0.5) is 0 Å². The third kappa shape index (κ3) is 5.28. The molecule has 0 heterocycles. The van der Waals surface area contributed by atoms with Crippen molar-refractivity contribution in [2.24, 2.45) is 0 Å². The summed E-state index contributed by atoms with van der Waals surface area (Å²) in [6, 6.07) is 13.4. The Kier molecular flexibility index (Phi) is 6.47. The van der Waals surface area contributed by atoms with E-state index < -0.39 is 0 Å². The maximum absolute atomic E-state index is 12.0. The lowest BCUT2D eigenvalue weighted by Gasteiger charge is -2.11. The average molecular weight is 378 g/mol. The Labute approximate surface area is 144 Å². The van der Waals surface area contributed by atoms with Gasteiger partial charge in [0.15, 0.2) is 11.5 Å². The SMILES string of the molecule is CCOc1ccc(CNC(=O)Cc2ccc(Br)cc2)cc1OC. The third-order valence-electron chi connectivity index (χ3n) is 3.30. The monoisotopic (exact) mass is 377 g/mol. The first-order valence-electron chi connectivity index (χ1n) is 7.43. The normalized spacial score (nSPS) is 10.2. The molecule has 0 spiro atoms.